The van der Waals surface area contributed by atoms with Crippen molar-refractivity contribution in [3.63, 3.8) is 0 Å². The summed E-state index contributed by atoms with van der Waals surface area (Å²) in [6.07, 6.45) is 0.762. The van der Waals surface area contributed by atoms with Crippen molar-refractivity contribution in [1.82, 2.24) is 0 Å². The number of carboxylic acids is 1. The van der Waals surface area contributed by atoms with Crippen molar-refractivity contribution in [1.29, 1.82) is 0 Å². The third-order valence-corrected chi connectivity index (χ3v) is 8.78. The first-order chi connectivity index (χ1) is 12.7. The van der Waals surface area contributed by atoms with Gasteiger partial charge in [0.2, 0.25) is 0 Å². The molecule has 0 fully saturated rings. The predicted molar refractivity (Wildman–Crippen MR) is 108 cm³/mol. The van der Waals surface area contributed by atoms with E-state index in [0.29, 0.717) is 6.61 Å². The highest BCUT2D eigenvalue weighted by molar-refractivity contribution is 7.95. The van der Waals surface area contributed by atoms with Crippen molar-refractivity contribution in [2.24, 2.45) is 0 Å². The van der Waals surface area contributed by atoms with E-state index in [2.05, 4.69) is 72.8 Å². The highest BCUT2D eigenvalue weighted by Gasteiger charge is 2.44. The van der Waals surface area contributed by atoms with Crippen molar-refractivity contribution in [2.45, 2.75) is 0 Å². The highest BCUT2D eigenvalue weighted by atomic mass is 31.2. The van der Waals surface area contributed by atoms with Crippen molar-refractivity contribution < 1.29 is 14.6 Å². The normalized spacial score (nSPS) is 11.2. The molecule has 3 aromatic carbocycles. The average molecular weight is 365 g/mol. The topological polar surface area (TPSA) is 46.5 Å². The average Bonchev–Trinajstić information content (AvgIpc) is 2.70. The second-order valence-corrected chi connectivity index (χ2v) is 9.60. The Bertz CT molecular complexity index is 723. The monoisotopic (exact) mass is 365 g/mol. The van der Waals surface area contributed by atoms with Crippen LogP contribution in [0, 0.1) is 0 Å². The van der Waals surface area contributed by atoms with Gasteiger partial charge in [-0.1, -0.05) is 54.6 Å². The van der Waals surface area contributed by atoms with Crippen LogP contribution >= 0.6 is 7.26 Å². The van der Waals surface area contributed by atoms with Crippen LogP contribution in [0.5, 0.6) is 0 Å². The summed E-state index contributed by atoms with van der Waals surface area (Å²) in [6, 6.07) is 31.5. The number of benzene rings is 3. The van der Waals surface area contributed by atoms with Crippen molar-refractivity contribution in [3.05, 3.63) is 91.0 Å². The van der Waals surface area contributed by atoms with Gasteiger partial charge in [0.1, 0.15) is 29.8 Å². The summed E-state index contributed by atoms with van der Waals surface area (Å²) >= 11 is 0. The molecular weight excluding hydrogens is 343 g/mol. The summed E-state index contributed by atoms with van der Waals surface area (Å²) in [5.74, 6) is -0.937. The lowest BCUT2D eigenvalue weighted by atomic mass is 10.4. The van der Waals surface area contributed by atoms with E-state index in [9.17, 15) is 4.79 Å². The number of carbonyl (C=O) groups is 1. The quantitative estimate of drug-likeness (QED) is 0.493. The minimum Gasteiger partial charge on any atom is -0.480 e. The van der Waals surface area contributed by atoms with Gasteiger partial charge in [-0.3, -0.25) is 0 Å². The summed E-state index contributed by atoms with van der Waals surface area (Å²) in [7, 11) is -1.93. The number of aliphatic carboxylic acids is 1. The Morgan fingerprint density at radius 2 is 1.12 bits per heavy atom. The zero-order chi connectivity index (χ0) is 18.2. The fourth-order valence-corrected chi connectivity index (χ4v) is 7.36. The molecule has 4 heteroatoms. The minimum atomic E-state index is -1.93. The molecule has 0 saturated heterocycles. The first kappa shape index (κ1) is 18.3. The van der Waals surface area contributed by atoms with Crippen molar-refractivity contribution >= 4 is 29.1 Å². The first-order valence-corrected chi connectivity index (χ1v) is 10.6. The maximum Gasteiger partial charge on any atom is 0.329 e. The molecule has 0 aliphatic heterocycles. The Hall–Kier alpha value is -2.48. The van der Waals surface area contributed by atoms with Gasteiger partial charge in [0.15, 0.2) is 0 Å². The molecule has 0 heterocycles. The molecule has 0 aliphatic carbocycles. The van der Waals surface area contributed by atoms with E-state index in [1.54, 1.807) is 0 Å². The molecule has 26 heavy (non-hydrogen) atoms. The van der Waals surface area contributed by atoms with Gasteiger partial charge in [-0.2, -0.15) is 0 Å². The molecule has 3 nitrogen and oxygen atoms in total. The zero-order valence-electron chi connectivity index (χ0n) is 14.5. The molecule has 0 bridgehead atoms. The van der Waals surface area contributed by atoms with Gasteiger partial charge in [0.05, 0.1) is 12.8 Å². The van der Waals surface area contributed by atoms with Crippen LogP contribution < -0.4 is 15.9 Å². The fraction of sp³-hybridized carbons (Fsp3) is 0.136. The van der Waals surface area contributed by atoms with Crippen LogP contribution in [0.15, 0.2) is 91.0 Å². The van der Waals surface area contributed by atoms with E-state index in [4.69, 9.17) is 9.84 Å². The van der Waals surface area contributed by atoms with E-state index >= 15 is 0 Å². The Morgan fingerprint density at radius 3 is 1.46 bits per heavy atom. The number of hydrogen-bond donors (Lipinski definition) is 1. The van der Waals surface area contributed by atoms with E-state index < -0.39 is 13.2 Å². The fourth-order valence-electron chi connectivity index (χ4n) is 3.24. The predicted octanol–water partition coefficient (Wildman–Crippen LogP) is 3.08. The lowest BCUT2D eigenvalue weighted by molar-refractivity contribution is -0.141. The molecule has 0 unspecified atom stereocenters. The largest absolute Gasteiger partial charge is 0.480 e. The van der Waals surface area contributed by atoms with E-state index in [1.165, 1.54) is 15.9 Å². The van der Waals surface area contributed by atoms with Gasteiger partial charge < -0.3 is 9.84 Å². The van der Waals surface area contributed by atoms with Crippen LogP contribution in [0.1, 0.15) is 0 Å². The Kier molecular flexibility index (Phi) is 6.17. The molecule has 3 rings (SSSR count). The van der Waals surface area contributed by atoms with Crippen LogP contribution in [0.2, 0.25) is 0 Å². The zero-order valence-corrected chi connectivity index (χ0v) is 15.4. The summed E-state index contributed by atoms with van der Waals surface area (Å²) in [5, 5.41) is 12.7. The second-order valence-electron chi connectivity index (χ2n) is 5.99. The summed E-state index contributed by atoms with van der Waals surface area (Å²) in [6.45, 7) is 0.136. The summed E-state index contributed by atoms with van der Waals surface area (Å²) in [5.41, 5.74) is 0. The molecule has 0 amide bonds. The molecule has 0 saturated carbocycles. The molecule has 0 radical (unpaired) electrons. The molecule has 0 atom stereocenters. The highest BCUT2D eigenvalue weighted by Crippen LogP contribution is 2.54. The van der Waals surface area contributed by atoms with Crippen LogP contribution in [-0.4, -0.2) is 30.5 Å². The summed E-state index contributed by atoms with van der Waals surface area (Å²) in [4.78, 5) is 10.8. The number of carboxylic acid groups (broad SMARTS) is 1. The summed E-state index contributed by atoms with van der Waals surface area (Å²) < 4.78 is 5.44. The first-order valence-electron chi connectivity index (χ1n) is 8.58. The van der Waals surface area contributed by atoms with E-state index in [-0.39, 0.29) is 6.61 Å². The SMILES string of the molecule is O=C(O)COCC[P+](c1ccccc1)(c1ccccc1)c1ccccc1. The minimum absolute atomic E-state index is 0.266. The molecule has 1 N–H and O–H groups in total. The van der Waals surface area contributed by atoms with Gasteiger partial charge in [-0.15, -0.1) is 0 Å². The van der Waals surface area contributed by atoms with Gasteiger partial charge in [0, 0.05) is 0 Å². The molecular formula is C22H22O3P+. The van der Waals surface area contributed by atoms with E-state index in [1.807, 2.05) is 18.2 Å². The maximum absolute atomic E-state index is 10.8. The lowest BCUT2D eigenvalue weighted by Crippen LogP contribution is -2.34. The Labute approximate surface area is 154 Å². The van der Waals surface area contributed by atoms with Crippen molar-refractivity contribution in [3.8, 4) is 0 Å². The van der Waals surface area contributed by atoms with Gasteiger partial charge in [-0.25, -0.2) is 4.79 Å². The van der Waals surface area contributed by atoms with Crippen LogP contribution in [0.3, 0.4) is 0 Å². The molecule has 0 aliphatic rings. The van der Waals surface area contributed by atoms with Gasteiger partial charge >= 0.3 is 5.97 Å². The third-order valence-electron chi connectivity index (χ3n) is 4.39. The molecule has 3 aromatic rings. The molecule has 0 spiro atoms. The number of ether oxygens (including phenoxy) is 1. The standard InChI is InChI=1S/C22H21O3P/c23-22(24)18-25-16-17-26(19-10-4-1-5-11-19,20-12-6-2-7-13-20)21-14-8-3-9-15-21/h1-15H,16-18H2/p+1. The third kappa shape index (κ3) is 4.01. The number of hydrogen-bond acceptors (Lipinski definition) is 2. The van der Waals surface area contributed by atoms with E-state index in [0.717, 1.165) is 6.16 Å². The van der Waals surface area contributed by atoms with Gasteiger partial charge in [-0.05, 0) is 36.4 Å². The Balaban J connectivity index is 2.10. The number of rotatable bonds is 8. The van der Waals surface area contributed by atoms with Crippen molar-refractivity contribution in [2.75, 3.05) is 19.4 Å². The van der Waals surface area contributed by atoms with Crippen LogP contribution in [-0.2, 0) is 9.53 Å². The van der Waals surface area contributed by atoms with Gasteiger partial charge in [0.25, 0.3) is 0 Å². The lowest BCUT2D eigenvalue weighted by Gasteiger charge is -2.27. The molecule has 132 valence electrons. The van der Waals surface area contributed by atoms with Crippen LogP contribution in [0.4, 0.5) is 0 Å². The second kappa shape index (κ2) is 8.75. The maximum atomic E-state index is 10.8. The van der Waals surface area contributed by atoms with Crippen LogP contribution in [0.25, 0.3) is 0 Å². The molecule has 0 aromatic heterocycles. The smallest absolute Gasteiger partial charge is 0.329 e. The Morgan fingerprint density at radius 1 is 0.731 bits per heavy atom.